The Bertz CT molecular complexity index is 917. The second-order valence-corrected chi connectivity index (χ2v) is 7.86. The average Bonchev–Trinajstić information content (AvgIpc) is 2.85. The first-order chi connectivity index (χ1) is 11.9. The van der Waals surface area contributed by atoms with Crippen LogP contribution in [0.1, 0.15) is 5.56 Å². The first-order valence-electron chi connectivity index (χ1n) is 7.01. The zero-order valence-corrected chi connectivity index (χ0v) is 16.6. The summed E-state index contributed by atoms with van der Waals surface area (Å²) in [5, 5.41) is 9.90. The number of phenolic OH excluding ortho intramolecular Hbond substituents is 1. The van der Waals surface area contributed by atoms with Crippen molar-refractivity contribution < 1.29 is 19.0 Å². The van der Waals surface area contributed by atoms with Gasteiger partial charge < -0.3 is 9.84 Å². The Hall–Kier alpha value is -1.65. The van der Waals surface area contributed by atoms with Gasteiger partial charge in [0.25, 0.3) is 5.91 Å². The van der Waals surface area contributed by atoms with Gasteiger partial charge in [0.15, 0.2) is 15.8 Å². The zero-order chi connectivity index (χ0) is 18.1. The van der Waals surface area contributed by atoms with E-state index in [-0.39, 0.29) is 21.7 Å². The number of carbonyl (C=O) groups excluding carboxylic acids is 1. The van der Waals surface area contributed by atoms with Crippen LogP contribution in [-0.4, -0.2) is 22.4 Å². The number of carbonyl (C=O) groups is 1. The maximum atomic E-state index is 14.0. The van der Waals surface area contributed by atoms with Gasteiger partial charge in [-0.2, -0.15) is 0 Å². The molecular formula is C17H11FINO3S2. The minimum atomic E-state index is -0.513. The largest absolute Gasteiger partial charge is 0.504 e. The molecule has 0 saturated carbocycles. The molecule has 2 aromatic carbocycles. The maximum absolute atomic E-state index is 14.0. The third-order valence-electron chi connectivity index (χ3n) is 3.46. The number of anilines is 1. The number of aromatic hydroxyl groups is 1. The minimum absolute atomic E-state index is 0.0409. The third kappa shape index (κ3) is 3.51. The Morgan fingerprint density at radius 1 is 1.36 bits per heavy atom. The van der Waals surface area contributed by atoms with E-state index in [1.165, 1.54) is 24.1 Å². The number of para-hydroxylation sites is 1. The number of ether oxygens (including phenoxy) is 1. The van der Waals surface area contributed by atoms with Crippen molar-refractivity contribution in [3.05, 3.63) is 56.3 Å². The standard InChI is InChI=1S/C17H11FINO3S2/c1-23-13-7-9(6-11(19)15(13)21)8-14-16(22)20(17(24)25-14)12-5-3-2-4-10(12)18/h2-8,21H,1H3/b14-8-. The van der Waals surface area contributed by atoms with Gasteiger partial charge in [-0.25, -0.2) is 4.39 Å². The van der Waals surface area contributed by atoms with Gasteiger partial charge in [0.1, 0.15) is 5.82 Å². The van der Waals surface area contributed by atoms with E-state index in [0.29, 0.717) is 19.8 Å². The van der Waals surface area contributed by atoms with Crippen molar-refractivity contribution >= 4 is 68.6 Å². The number of benzene rings is 2. The van der Waals surface area contributed by atoms with Crippen LogP contribution in [0.3, 0.4) is 0 Å². The van der Waals surface area contributed by atoms with Crippen LogP contribution in [-0.2, 0) is 4.79 Å². The summed E-state index contributed by atoms with van der Waals surface area (Å²) in [6.45, 7) is 0. The number of amides is 1. The smallest absolute Gasteiger partial charge is 0.270 e. The maximum Gasteiger partial charge on any atom is 0.270 e. The molecule has 1 amide bonds. The third-order valence-corrected chi connectivity index (χ3v) is 5.58. The van der Waals surface area contributed by atoms with Crippen molar-refractivity contribution in [3.63, 3.8) is 0 Å². The fourth-order valence-electron chi connectivity index (χ4n) is 2.29. The topological polar surface area (TPSA) is 49.8 Å². The molecule has 0 aromatic heterocycles. The number of hydrogen-bond acceptors (Lipinski definition) is 5. The molecule has 1 N–H and O–H groups in total. The molecule has 1 aliphatic heterocycles. The van der Waals surface area contributed by atoms with Crippen molar-refractivity contribution in [1.29, 1.82) is 0 Å². The summed E-state index contributed by atoms with van der Waals surface area (Å²) in [7, 11) is 1.45. The summed E-state index contributed by atoms with van der Waals surface area (Å²) < 4.78 is 20.0. The van der Waals surface area contributed by atoms with E-state index in [0.717, 1.165) is 11.8 Å². The molecule has 0 bridgehead atoms. The van der Waals surface area contributed by atoms with Crippen molar-refractivity contribution in [1.82, 2.24) is 0 Å². The quantitative estimate of drug-likeness (QED) is 0.391. The number of thiocarbonyl (C=S) groups is 1. The van der Waals surface area contributed by atoms with Gasteiger partial charge in [0.2, 0.25) is 0 Å². The van der Waals surface area contributed by atoms with Crippen molar-refractivity contribution in [2.45, 2.75) is 0 Å². The lowest BCUT2D eigenvalue weighted by Crippen LogP contribution is -2.28. The van der Waals surface area contributed by atoms with Crippen LogP contribution in [0.5, 0.6) is 11.5 Å². The van der Waals surface area contributed by atoms with Crippen molar-refractivity contribution in [2.24, 2.45) is 0 Å². The Balaban J connectivity index is 1.99. The molecule has 3 rings (SSSR count). The van der Waals surface area contributed by atoms with E-state index in [1.807, 2.05) is 22.6 Å². The first-order valence-corrected chi connectivity index (χ1v) is 9.31. The van der Waals surface area contributed by atoms with Crippen LogP contribution in [0.15, 0.2) is 41.3 Å². The number of thioether (sulfide) groups is 1. The minimum Gasteiger partial charge on any atom is -0.504 e. The van der Waals surface area contributed by atoms with Gasteiger partial charge in [-0.1, -0.05) is 36.1 Å². The number of nitrogens with zero attached hydrogens (tertiary/aromatic N) is 1. The number of methoxy groups -OCH3 is 1. The summed E-state index contributed by atoms with van der Waals surface area (Å²) in [5.74, 6) is -0.551. The number of halogens is 2. The summed E-state index contributed by atoms with van der Waals surface area (Å²) in [5.41, 5.74) is 0.805. The molecule has 0 atom stereocenters. The Labute approximate surface area is 166 Å². The van der Waals surface area contributed by atoms with Crippen LogP contribution < -0.4 is 9.64 Å². The lowest BCUT2D eigenvalue weighted by molar-refractivity contribution is -0.113. The van der Waals surface area contributed by atoms with E-state index >= 15 is 0 Å². The van der Waals surface area contributed by atoms with Gasteiger partial charge in [0, 0.05) is 0 Å². The molecule has 4 nitrogen and oxygen atoms in total. The number of rotatable bonds is 3. The monoisotopic (exact) mass is 487 g/mol. The van der Waals surface area contributed by atoms with Gasteiger partial charge in [0.05, 0.1) is 21.3 Å². The highest BCUT2D eigenvalue weighted by molar-refractivity contribution is 14.1. The van der Waals surface area contributed by atoms with E-state index in [9.17, 15) is 14.3 Å². The van der Waals surface area contributed by atoms with Gasteiger partial charge >= 0.3 is 0 Å². The second-order valence-electron chi connectivity index (χ2n) is 5.02. The molecule has 25 heavy (non-hydrogen) atoms. The first kappa shape index (κ1) is 18.2. The zero-order valence-electron chi connectivity index (χ0n) is 12.8. The fourth-order valence-corrected chi connectivity index (χ4v) is 4.20. The highest BCUT2D eigenvalue weighted by Gasteiger charge is 2.34. The van der Waals surface area contributed by atoms with Crippen LogP contribution >= 0.6 is 46.6 Å². The highest BCUT2D eigenvalue weighted by Crippen LogP contribution is 2.38. The van der Waals surface area contributed by atoms with E-state index in [2.05, 4.69) is 0 Å². The molecule has 1 heterocycles. The predicted octanol–water partition coefficient (Wildman–Crippen LogP) is 4.55. The Morgan fingerprint density at radius 3 is 2.76 bits per heavy atom. The molecule has 0 aliphatic carbocycles. The average molecular weight is 487 g/mol. The van der Waals surface area contributed by atoms with Crippen molar-refractivity contribution in [3.8, 4) is 11.5 Å². The Morgan fingerprint density at radius 2 is 2.08 bits per heavy atom. The number of hydrogen-bond donors (Lipinski definition) is 1. The summed E-state index contributed by atoms with van der Waals surface area (Å²) in [4.78, 5) is 14.2. The van der Waals surface area contributed by atoms with E-state index in [1.54, 1.807) is 30.3 Å². The van der Waals surface area contributed by atoms with Gasteiger partial charge in [-0.3, -0.25) is 9.69 Å². The molecule has 1 fully saturated rings. The molecule has 128 valence electrons. The van der Waals surface area contributed by atoms with Gasteiger partial charge in [-0.15, -0.1) is 0 Å². The summed E-state index contributed by atoms with van der Waals surface area (Å²) in [6.07, 6.45) is 1.64. The fraction of sp³-hybridized carbons (Fsp3) is 0.0588. The lowest BCUT2D eigenvalue weighted by Gasteiger charge is -2.14. The number of phenols is 1. The molecule has 2 aromatic rings. The van der Waals surface area contributed by atoms with Crippen LogP contribution in [0, 0.1) is 9.39 Å². The molecular weight excluding hydrogens is 476 g/mol. The molecule has 8 heteroatoms. The van der Waals surface area contributed by atoms with Crippen LogP contribution in [0.25, 0.3) is 6.08 Å². The van der Waals surface area contributed by atoms with Gasteiger partial charge in [-0.05, 0) is 58.5 Å². The molecule has 0 spiro atoms. The normalized spacial score (nSPS) is 16.0. The summed E-state index contributed by atoms with van der Waals surface area (Å²) >= 11 is 8.32. The Kier molecular flexibility index (Phi) is 5.30. The molecule has 0 radical (unpaired) electrons. The van der Waals surface area contributed by atoms with Crippen LogP contribution in [0.2, 0.25) is 0 Å². The molecule has 1 aliphatic rings. The highest BCUT2D eigenvalue weighted by atomic mass is 127. The predicted molar refractivity (Wildman–Crippen MR) is 109 cm³/mol. The molecule has 1 saturated heterocycles. The second kappa shape index (κ2) is 7.30. The SMILES string of the molecule is COc1cc(/C=C2\SC(=S)N(c3ccccc3F)C2=O)cc(I)c1O. The summed E-state index contributed by atoms with van der Waals surface area (Å²) in [6, 6.07) is 9.33. The lowest BCUT2D eigenvalue weighted by atomic mass is 10.2. The van der Waals surface area contributed by atoms with Crippen LogP contribution in [0.4, 0.5) is 10.1 Å². The van der Waals surface area contributed by atoms with Crippen molar-refractivity contribution in [2.75, 3.05) is 12.0 Å². The molecule has 0 unspecified atom stereocenters. The van der Waals surface area contributed by atoms with E-state index < -0.39 is 5.82 Å². The van der Waals surface area contributed by atoms with E-state index in [4.69, 9.17) is 17.0 Å².